The molecule has 0 radical (unpaired) electrons. The van der Waals surface area contributed by atoms with E-state index in [0.717, 1.165) is 47.3 Å². The van der Waals surface area contributed by atoms with Gasteiger partial charge in [-0.1, -0.05) is 43.2 Å². The number of thioether (sulfide) groups is 1. The fraction of sp³-hybridized carbons (Fsp3) is 0.348. The van der Waals surface area contributed by atoms with Gasteiger partial charge in [0.15, 0.2) is 0 Å². The molecule has 0 N–H and O–H groups in total. The van der Waals surface area contributed by atoms with Crippen LogP contribution in [0.2, 0.25) is 0 Å². The number of rotatable bonds is 6. The Labute approximate surface area is 180 Å². The van der Waals surface area contributed by atoms with Gasteiger partial charge in [-0.25, -0.2) is 0 Å². The summed E-state index contributed by atoms with van der Waals surface area (Å²) in [5.41, 5.74) is 2.20. The molecule has 0 atom stereocenters. The number of hydrogen-bond acceptors (Lipinski definition) is 4. The van der Waals surface area contributed by atoms with Crippen molar-refractivity contribution in [1.82, 2.24) is 9.47 Å². The summed E-state index contributed by atoms with van der Waals surface area (Å²) in [5, 5.41) is 12.0. The van der Waals surface area contributed by atoms with Crippen molar-refractivity contribution in [2.24, 2.45) is 0 Å². The second kappa shape index (κ2) is 9.34. The van der Waals surface area contributed by atoms with E-state index in [0.29, 0.717) is 12.3 Å². The lowest BCUT2D eigenvalue weighted by molar-refractivity contribution is -0.384. The Balaban J connectivity index is 1.50. The van der Waals surface area contributed by atoms with Gasteiger partial charge in [-0.2, -0.15) is 0 Å². The van der Waals surface area contributed by atoms with Gasteiger partial charge in [0.05, 0.1) is 4.92 Å². The van der Waals surface area contributed by atoms with Gasteiger partial charge in [0.1, 0.15) is 6.54 Å². The van der Waals surface area contributed by atoms with E-state index in [1.165, 1.54) is 12.8 Å². The van der Waals surface area contributed by atoms with E-state index in [1.807, 2.05) is 17.0 Å². The summed E-state index contributed by atoms with van der Waals surface area (Å²) < 4.78 is 2.06. The van der Waals surface area contributed by atoms with Crippen molar-refractivity contribution in [2.45, 2.75) is 42.9 Å². The molecule has 2 heterocycles. The van der Waals surface area contributed by atoms with Crippen LogP contribution in [0.5, 0.6) is 0 Å². The molecule has 0 unspecified atom stereocenters. The summed E-state index contributed by atoms with van der Waals surface area (Å²) in [4.78, 5) is 26.5. The van der Waals surface area contributed by atoms with Crippen LogP contribution < -0.4 is 0 Å². The third-order valence-electron chi connectivity index (χ3n) is 5.56. The van der Waals surface area contributed by atoms with Crippen molar-refractivity contribution < 1.29 is 9.72 Å². The second-order valence-electron chi connectivity index (χ2n) is 7.65. The molecule has 1 fully saturated rings. The van der Waals surface area contributed by atoms with E-state index in [2.05, 4.69) is 22.9 Å². The van der Waals surface area contributed by atoms with Crippen molar-refractivity contribution in [2.75, 3.05) is 13.1 Å². The van der Waals surface area contributed by atoms with Gasteiger partial charge in [-0.15, -0.1) is 11.8 Å². The maximum Gasteiger partial charge on any atom is 0.269 e. The van der Waals surface area contributed by atoms with Crippen molar-refractivity contribution in [3.8, 4) is 0 Å². The Morgan fingerprint density at radius 3 is 2.40 bits per heavy atom. The van der Waals surface area contributed by atoms with E-state index < -0.39 is 0 Å². The predicted octanol–water partition coefficient (Wildman–Crippen LogP) is 5.24. The molecule has 1 aromatic heterocycles. The SMILES string of the molecule is O=C(Cn1cc(SCc2ccc([N+](=O)[O-])cc2)c2ccccc21)N1CCCCCC1. The highest BCUT2D eigenvalue weighted by Crippen LogP contribution is 2.32. The molecular weight excluding hydrogens is 398 g/mol. The smallest absolute Gasteiger partial charge is 0.269 e. The maximum absolute atomic E-state index is 12.9. The molecule has 2 aromatic carbocycles. The third-order valence-corrected chi connectivity index (χ3v) is 6.67. The molecular formula is C23H25N3O3S. The number of non-ortho nitro benzene ring substituents is 1. The minimum Gasteiger partial charge on any atom is -0.341 e. The molecule has 4 rings (SSSR count). The Morgan fingerprint density at radius 1 is 1.00 bits per heavy atom. The third kappa shape index (κ3) is 4.67. The normalized spacial score (nSPS) is 14.6. The number of nitro groups is 1. The second-order valence-corrected chi connectivity index (χ2v) is 8.66. The number of carbonyl (C=O) groups excluding carboxylic acids is 1. The van der Waals surface area contributed by atoms with Crippen molar-refractivity contribution in [3.63, 3.8) is 0 Å². The van der Waals surface area contributed by atoms with Crippen LogP contribution in [0.3, 0.4) is 0 Å². The number of likely N-dealkylation sites (tertiary alicyclic amines) is 1. The number of nitro benzene ring substituents is 1. The fourth-order valence-corrected chi connectivity index (χ4v) is 4.94. The first-order valence-corrected chi connectivity index (χ1v) is 11.3. The highest BCUT2D eigenvalue weighted by molar-refractivity contribution is 7.98. The van der Waals surface area contributed by atoms with Gasteiger partial charge in [0.25, 0.3) is 5.69 Å². The standard InChI is InChI=1S/C23H25N3O3S/c27-23(24-13-5-1-2-6-14-24)16-25-15-22(20-7-3-4-8-21(20)25)30-17-18-9-11-19(12-10-18)26(28)29/h3-4,7-12,15H,1-2,5-6,13-14,16-17H2. The largest absolute Gasteiger partial charge is 0.341 e. The van der Waals surface area contributed by atoms with Crippen LogP contribution in [0.15, 0.2) is 59.6 Å². The van der Waals surface area contributed by atoms with Crippen LogP contribution >= 0.6 is 11.8 Å². The van der Waals surface area contributed by atoms with Crippen molar-refractivity contribution in [3.05, 3.63) is 70.4 Å². The maximum atomic E-state index is 12.9. The zero-order valence-electron chi connectivity index (χ0n) is 16.8. The monoisotopic (exact) mass is 423 g/mol. The minimum atomic E-state index is -0.383. The number of hydrogen-bond donors (Lipinski definition) is 0. The van der Waals surface area contributed by atoms with Gasteiger partial charge in [-0.3, -0.25) is 14.9 Å². The molecule has 0 saturated carbocycles. The number of para-hydroxylation sites is 1. The van der Waals surface area contributed by atoms with Gasteiger partial charge < -0.3 is 9.47 Å². The van der Waals surface area contributed by atoms with Crippen LogP contribution in [0.25, 0.3) is 10.9 Å². The van der Waals surface area contributed by atoms with E-state index in [-0.39, 0.29) is 16.5 Å². The number of fused-ring (bicyclic) bond motifs is 1. The van der Waals surface area contributed by atoms with Crippen LogP contribution in [0.4, 0.5) is 5.69 Å². The Kier molecular flexibility index (Phi) is 6.38. The molecule has 0 aliphatic carbocycles. The lowest BCUT2D eigenvalue weighted by atomic mass is 10.2. The number of nitrogens with zero attached hydrogens (tertiary/aromatic N) is 3. The molecule has 3 aromatic rings. The van der Waals surface area contributed by atoms with E-state index >= 15 is 0 Å². The van der Waals surface area contributed by atoms with Crippen molar-refractivity contribution in [1.29, 1.82) is 0 Å². The van der Waals surface area contributed by atoms with Crippen molar-refractivity contribution >= 4 is 34.3 Å². The van der Waals surface area contributed by atoms with Gasteiger partial charge in [0.2, 0.25) is 5.91 Å². The summed E-state index contributed by atoms with van der Waals surface area (Å²) in [6.45, 7) is 2.08. The van der Waals surface area contributed by atoms with Gasteiger partial charge in [-0.05, 0) is 24.5 Å². The Morgan fingerprint density at radius 2 is 1.70 bits per heavy atom. The molecule has 6 nitrogen and oxygen atoms in total. The molecule has 30 heavy (non-hydrogen) atoms. The highest BCUT2D eigenvalue weighted by atomic mass is 32.2. The molecule has 7 heteroatoms. The lowest BCUT2D eigenvalue weighted by Crippen LogP contribution is -2.34. The summed E-state index contributed by atoms with van der Waals surface area (Å²) in [6.07, 6.45) is 6.67. The number of benzene rings is 2. The summed E-state index contributed by atoms with van der Waals surface area (Å²) in [5.74, 6) is 0.899. The molecule has 0 bridgehead atoms. The van der Waals surface area contributed by atoms with E-state index in [9.17, 15) is 14.9 Å². The first-order chi connectivity index (χ1) is 14.6. The van der Waals surface area contributed by atoms with Crippen LogP contribution in [-0.4, -0.2) is 33.4 Å². The molecule has 1 amide bonds. The minimum absolute atomic E-state index is 0.104. The predicted molar refractivity (Wildman–Crippen MR) is 120 cm³/mol. The topological polar surface area (TPSA) is 68.4 Å². The molecule has 0 spiro atoms. The summed E-state index contributed by atoms with van der Waals surface area (Å²) >= 11 is 1.69. The zero-order valence-corrected chi connectivity index (χ0v) is 17.6. The average molecular weight is 424 g/mol. The van der Waals surface area contributed by atoms with E-state index in [1.54, 1.807) is 36.0 Å². The molecule has 1 aliphatic heterocycles. The highest BCUT2D eigenvalue weighted by Gasteiger charge is 2.18. The van der Waals surface area contributed by atoms with Gasteiger partial charge in [0, 0.05) is 53.0 Å². The van der Waals surface area contributed by atoms with E-state index in [4.69, 9.17) is 0 Å². The number of carbonyl (C=O) groups is 1. The lowest BCUT2D eigenvalue weighted by Gasteiger charge is -2.20. The molecule has 1 aliphatic rings. The molecule has 156 valence electrons. The quantitative estimate of drug-likeness (QED) is 0.309. The summed E-state index contributed by atoms with van der Waals surface area (Å²) in [6, 6.07) is 14.8. The van der Waals surface area contributed by atoms with Gasteiger partial charge >= 0.3 is 0 Å². The number of amides is 1. The first-order valence-electron chi connectivity index (χ1n) is 10.3. The Bertz CT molecular complexity index is 1040. The Hall–Kier alpha value is -2.80. The zero-order chi connectivity index (χ0) is 20.9. The first kappa shape index (κ1) is 20.5. The fourth-order valence-electron chi connectivity index (χ4n) is 3.90. The van der Waals surface area contributed by atoms with Crippen LogP contribution in [0.1, 0.15) is 31.2 Å². The summed E-state index contributed by atoms with van der Waals surface area (Å²) in [7, 11) is 0. The average Bonchev–Trinajstić information content (AvgIpc) is 2.93. The van der Waals surface area contributed by atoms with Crippen LogP contribution in [0, 0.1) is 10.1 Å². The number of aromatic nitrogens is 1. The van der Waals surface area contributed by atoms with Crippen LogP contribution in [-0.2, 0) is 17.1 Å². The molecule has 1 saturated heterocycles.